The Morgan fingerprint density at radius 3 is 2.71 bits per heavy atom. The summed E-state index contributed by atoms with van der Waals surface area (Å²) in [5.74, 6) is 2.00. The SMILES string of the molecule is Cn1nc(C2CC2)cc1Oc1cc(C#N)ccc1-c1ncc(C(O)CN)cn1. The van der Waals surface area contributed by atoms with E-state index in [1.165, 1.54) is 12.4 Å². The summed E-state index contributed by atoms with van der Waals surface area (Å²) in [6.07, 6.45) is 4.58. The molecule has 0 spiro atoms. The van der Waals surface area contributed by atoms with Crippen molar-refractivity contribution < 1.29 is 9.84 Å². The summed E-state index contributed by atoms with van der Waals surface area (Å²) >= 11 is 0. The summed E-state index contributed by atoms with van der Waals surface area (Å²) < 4.78 is 7.79. The lowest BCUT2D eigenvalue weighted by Gasteiger charge is -2.12. The molecule has 8 nitrogen and oxygen atoms in total. The second-order valence-corrected chi connectivity index (χ2v) is 6.82. The molecule has 8 heteroatoms. The van der Waals surface area contributed by atoms with Gasteiger partial charge in [-0.05, 0) is 31.0 Å². The number of nitrogens with zero attached hydrogens (tertiary/aromatic N) is 5. The minimum Gasteiger partial charge on any atom is -0.438 e. The van der Waals surface area contributed by atoms with Crippen LogP contribution in [0.5, 0.6) is 11.6 Å². The Morgan fingerprint density at radius 2 is 2.07 bits per heavy atom. The van der Waals surface area contributed by atoms with E-state index in [0.29, 0.717) is 40.1 Å². The number of hydrogen-bond donors (Lipinski definition) is 2. The highest BCUT2D eigenvalue weighted by atomic mass is 16.5. The van der Waals surface area contributed by atoms with E-state index >= 15 is 0 Å². The van der Waals surface area contributed by atoms with Gasteiger partial charge in [0.2, 0.25) is 5.88 Å². The molecule has 0 bridgehead atoms. The largest absolute Gasteiger partial charge is 0.438 e. The van der Waals surface area contributed by atoms with Gasteiger partial charge >= 0.3 is 0 Å². The summed E-state index contributed by atoms with van der Waals surface area (Å²) in [5.41, 5.74) is 8.15. The standard InChI is InChI=1S/C20H20N6O2/c1-26-19(7-16(25-26)13-3-4-13)28-18-6-12(8-21)2-5-15(18)20-23-10-14(11-24-20)17(27)9-22/h2,5-7,10-11,13,17,27H,3-4,9,22H2,1H3. The number of aliphatic hydroxyl groups is 1. The van der Waals surface area contributed by atoms with Gasteiger partial charge in [0.15, 0.2) is 5.82 Å². The van der Waals surface area contributed by atoms with Gasteiger partial charge in [-0.25, -0.2) is 14.6 Å². The number of ether oxygens (including phenoxy) is 1. The second-order valence-electron chi connectivity index (χ2n) is 6.82. The summed E-state index contributed by atoms with van der Waals surface area (Å²) in [4.78, 5) is 8.66. The van der Waals surface area contributed by atoms with Crippen molar-refractivity contribution in [3.05, 3.63) is 53.5 Å². The van der Waals surface area contributed by atoms with E-state index in [2.05, 4.69) is 21.1 Å². The van der Waals surface area contributed by atoms with Gasteiger partial charge in [-0.3, -0.25) is 0 Å². The highest BCUT2D eigenvalue weighted by molar-refractivity contribution is 5.66. The molecule has 1 saturated carbocycles. The zero-order chi connectivity index (χ0) is 19.7. The first-order valence-corrected chi connectivity index (χ1v) is 9.05. The number of benzene rings is 1. The predicted molar refractivity (Wildman–Crippen MR) is 101 cm³/mol. The topological polar surface area (TPSA) is 123 Å². The summed E-state index contributed by atoms with van der Waals surface area (Å²) in [7, 11) is 1.83. The smallest absolute Gasteiger partial charge is 0.217 e. The number of aryl methyl sites for hydroxylation is 1. The third-order valence-corrected chi connectivity index (χ3v) is 4.70. The molecule has 0 saturated heterocycles. The minimum atomic E-state index is -0.805. The molecule has 1 unspecified atom stereocenters. The van der Waals surface area contributed by atoms with Crippen molar-refractivity contribution in [2.75, 3.05) is 6.54 Å². The summed E-state index contributed by atoms with van der Waals surface area (Å²) in [5, 5.41) is 23.6. The Morgan fingerprint density at radius 1 is 1.32 bits per heavy atom. The highest BCUT2D eigenvalue weighted by Crippen LogP contribution is 2.41. The zero-order valence-corrected chi connectivity index (χ0v) is 15.4. The fourth-order valence-corrected chi connectivity index (χ4v) is 2.90. The molecule has 142 valence electrons. The molecule has 1 fully saturated rings. The van der Waals surface area contributed by atoms with Crippen molar-refractivity contribution in [3.8, 4) is 29.1 Å². The van der Waals surface area contributed by atoms with Crippen LogP contribution in [0.4, 0.5) is 0 Å². The molecule has 3 N–H and O–H groups in total. The van der Waals surface area contributed by atoms with Gasteiger partial charge in [0.1, 0.15) is 5.75 Å². The van der Waals surface area contributed by atoms with Crippen molar-refractivity contribution in [1.82, 2.24) is 19.7 Å². The van der Waals surface area contributed by atoms with Crippen LogP contribution in [0, 0.1) is 11.3 Å². The molecule has 2 aromatic heterocycles. The fourth-order valence-electron chi connectivity index (χ4n) is 2.90. The number of hydrogen-bond acceptors (Lipinski definition) is 7. The monoisotopic (exact) mass is 376 g/mol. The molecule has 2 heterocycles. The molecule has 3 aromatic rings. The molecule has 0 radical (unpaired) electrons. The zero-order valence-electron chi connectivity index (χ0n) is 15.4. The van der Waals surface area contributed by atoms with E-state index in [0.717, 1.165) is 18.5 Å². The van der Waals surface area contributed by atoms with Crippen LogP contribution in [-0.4, -0.2) is 31.4 Å². The van der Waals surface area contributed by atoms with E-state index < -0.39 is 6.10 Å². The van der Waals surface area contributed by atoms with Gasteiger partial charge in [-0.1, -0.05) is 0 Å². The lowest BCUT2D eigenvalue weighted by atomic mass is 10.1. The number of rotatable bonds is 6. The molecule has 1 aliphatic rings. The van der Waals surface area contributed by atoms with Crippen molar-refractivity contribution in [1.29, 1.82) is 5.26 Å². The van der Waals surface area contributed by atoms with E-state index in [1.54, 1.807) is 22.9 Å². The number of nitrogens with two attached hydrogens (primary N) is 1. The molecule has 0 amide bonds. The first-order chi connectivity index (χ1) is 13.6. The molecule has 28 heavy (non-hydrogen) atoms. The van der Waals surface area contributed by atoms with Crippen molar-refractivity contribution in [2.24, 2.45) is 12.8 Å². The maximum Gasteiger partial charge on any atom is 0.217 e. The predicted octanol–water partition coefficient (Wildman–Crippen LogP) is 2.41. The molecule has 4 rings (SSSR count). The molecule has 1 aliphatic carbocycles. The Kier molecular flexibility index (Phi) is 4.77. The Hall–Kier alpha value is -3.28. The maximum absolute atomic E-state index is 9.82. The van der Waals surface area contributed by atoms with E-state index in [1.807, 2.05) is 13.1 Å². The first-order valence-electron chi connectivity index (χ1n) is 9.05. The quantitative estimate of drug-likeness (QED) is 0.677. The number of aliphatic hydroxyl groups excluding tert-OH is 1. The van der Waals surface area contributed by atoms with Crippen LogP contribution in [0.3, 0.4) is 0 Å². The van der Waals surface area contributed by atoms with Crippen LogP contribution >= 0.6 is 0 Å². The summed E-state index contributed by atoms with van der Waals surface area (Å²) in [6, 6.07) is 9.15. The summed E-state index contributed by atoms with van der Waals surface area (Å²) in [6.45, 7) is 0.0950. The van der Waals surface area contributed by atoms with E-state index in [4.69, 9.17) is 10.5 Å². The average Bonchev–Trinajstić information content (AvgIpc) is 3.51. The third-order valence-electron chi connectivity index (χ3n) is 4.70. The lowest BCUT2D eigenvalue weighted by molar-refractivity contribution is 0.186. The van der Waals surface area contributed by atoms with Crippen LogP contribution < -0.4 is 10.5 Å². The van der Waals surface area contributed by atoms with Crippen LogP contribution in [0.2, 0.25) is 0 Å². The Labute approximate surface area is 162 Å². The van der Waals surface area contributed by atoms with Crippen molar-refractivity contribution in [3.63, 3.8) is 0 Å². The van der Waals surface area contributed by atoms with E-state index in [-0.39, 0.29) is 6.54 Å². The van der Waals surface area contributed by atoms with Gasteiger partial charge < -0.3 is 15.6 Å². The Bertz CT molecular complexity index is 1030. The third kappa shape index (κ3) is 3.58. The van der Waals surface area contributed by atoms with Crippen molar-refractivity contribution in [2.45, 2.75) is 24.9 Å². The van der Waals surface area contributed by atoms with Crippen LogP contribution in [0.1, 0.15) is 41.7 Å². The first kappa shape index (κ1) is 18.1. The molecule has 0 aliphatic heterocycles. The average molecular weight is 376 g/mol. The van der Waals surface area contributed by atoms with Gasteiger partial charge in [0.25, 0.3) is 0 Å². The number of aromatic nitrogens is 4. The molecule has 1 aromatic carbocycles. The molecular formula is C20H20N6O2. The van der Waals surface area contributed by atoms with Crippen molar-refractivity contribution >= 4 is 0 Å². The fraction of sp³-hybridized carbons (Fsp3) is 0.300. The van der Waals surface area contributed by atoms with E-state index in [9.17, 15) is 10.4 Å². The number of nitriles is 1. The second kappa shape index (κ2) is 7.38. The normalized spacial score (nSPS) is 14.5. The van der Waals surface area contributed by atoms with Gasteiger partial charge in [0, 0.05) is 43.5 Å². The molecular weight excluding hydrogens is 356 g/mol. The van der Waals surface area contributed by atoms with Crippen LogP contribution in [-0.2, 0) is 7.05 Å². The minimum absolute atomic E-state index is 0.0950. The maximum atomic E-state index is 9.82. The molecule has 1 atom stereocenters. The van der Waals surface area contributed by atoms with Crippen LogP contribution in [0.25, 0.3) is 11.4 Å². The van der Waals surface area contributed by atoms with Gasteiger partial charge in [0.05, 0.1) is 29.0 Å². The van der Waals surface area contributed by atoms with Gasteiger partial charge in [-0.2, -0.15) is 10.4 Å². The lowest BCUT2D eigenvalue weighted by Crippen LogP contribution is -2.12. The highest BCUT2D eigenvalue weighted by Gasteiger charge is 2.27. The van der Waals surface area contributed by atoms with Crippen LogP contribution in [0.15, 0.2) is 36.7 Å². The Balaban J connectivity index is 1.69. The van der Waals surface area contributed by atoms with Gasteiger partial charge in [-0.15, -0.1) is 0 Å².